The Kier molecular flexibility index (Phi) is 3.78. The molecule has 7 nitrogen and oxygen atoms in total. The zero-order chi connectivity index (χ0) is 16.5. The van der Waals surface area contributed by atoms with E-state index in [-0.39, 0.29) is 11.9 Å². The summed E-state index contributed by atoms with van der Waals surface area (Å²) in [7, 11) is 0. The first kappa shape index (κ1) is 14.9. The third kappa shape index (κ3) is 2.78. The molecular formula is C17H20N6O. The predicted molar refractivity (Wildman–Crippen MR) is 90.4 cm³/mol. The molecule has 0 spiro atoms. The number of carbonyl (C=O) groups excluding carboxylic acids is 1. The number of nitrogens with two attached hydrogens (primary N) is 1. The van der Waals surface area contributed by atoms with E-state index in [0.717, 1.165) is 32.5 Å². The predicted octanol–water partition coefficient (Wildman–Crippen LogP) is 1.70. The molecule has 3 N–H and O–H groups in total. The second kappa shape index (κ2) is 6.09. The van der Waals surface area contributed by atoms with Crippen LogP contribution in [0.2, 0.25) is 0 Å². The van der Waals surface area contributed by atoms with Crippen LogP contribution in [-0.4, -0.2) is 43.6 Å². The lowest BCUT2D eigenvalue weighted by molar-refractivity contribution is 0.0989. The minimum atomic E-state index is -0.583. The number of rotatable bonds is 4. The van der Waals surface area contributed by atoms with E-state index in [4.69, 9.17) is 5.73 Å². The molecular weight excluding hydrogens is 304 g/mol. The number of H-pyrrole nitrogens is 1. The van der Waals surface area contributed by atoms with Gasteiger partial charge < -0.3 is 10.7 Å². The van der Waals surface area contributed by atoms with E-state index in [1.54, 1.807) is 11.0 Å². The van der Waals surface area contributed by atoms with E-state index in [2.05, 4.69) is 44.2 Å². The van der Waals surface area contributed by atoms with Crippen LogP contribution in [0.15, 0.2) is 36.8 Å². The molecule has 7 heteroatoms. The van der Waals surface area contributed by atoms with Gasteiger partial charge in [0, 0.05) is 24.8 Å². The maximum absolute atomic E-state index is 11.2. The first-order valence-electron chi connectivity index (χ1n) is 8.19. The lowest BCUT2D eigenvalue weighted by Gasteiger charge is -2.32. The highest BCUT2D eigenvalue weighted by atomic mass is 16.1. The van der Waals surface area contributed by atoms with Crippen molar-refractivity contribution in [2.75, 3.05) is 13.1 Å². The summed E-state index contributed by atoms with van der Waals surface area (Å²) in [5.41, 5.74) is 7.74. The highest BCUT2D eigenvalue weighted by molar-refractivity contribution is 5.88. The molecule has 1 atom stereocenters. The maximum atomic E-state index is 11.2. The van der Waals surface area contributed by atoms with Gasteiger partial charge in [0.15, 0.2) is 0 Å². The monoisotopic (exact) mass is 324 g/mol. The Morgan fingerprint density at radius 1 is 1.38 bits per heavy atom. The Hall–Kier alpha value is -2.67. The quantitative estimate of drug-likeness (QED) is 0.764. The van der Waals surface area contributed by atoms with E-state index in [1.165, 1.54) is 16.5 Å². The van der Waals surface area contributed by atoms with Crippen LogP contribution in [0.25, 0.3) is 10.9 Å². The summed E-state index contributed by atoms with van der Waals surface area (Å²) in [6.07, 6.45) is 5.72. The van der Waals surface area contributed by atoms with E-state index < -0.39 is 5.91 Å². The number of piperidine rings is 1. The Morgan fingerprint density at radius 2 is 2.29 bits per heavy atom. The van der Waals surface area contributed by atoms with Crippen molar-refractivity contribution < 1.29 is 4.79 Å². The largest absolute Gasteiger partial charge is 0.363 e. The van der Waals surface area contributed by atoms with Crippen LogP contribution in [-0.2, 0) is 6.54 Å². The van der Waals surface area contributed by atoms with Crippen molar-refractivity contribution in [2.45, 2.75) is 25.4 Å². The summed E-state index contributed by atoms with van der Waals surface area (Å²) in [5, 5.41) is 5.45. The second-order valence-electron chi connectivity index (χ2n) is 6.30. The minimum absolute atomic E-state index is 0.0864. The van der Waals surface area contributed by atoms with Crippen molar-refractivity contribution in [3.63, 3.8) is 0 Å². The van der Waals surface area contributed by atoms with Crippen LogP contribution >= 0.6 is 0 Å². The molecule has 1 amide bonds. The summed E-state index contributed by atoms with van der Waals surface area (Å²) in [6, 6.07) is 8.71. The molecule has 0 bridgehead atoms. The average Bonchev–Trinajstić information content (AvgIpc) is 3.25. The van der Waals surface area contributed by atoms with Crippen LogP contribution in [0.5, 0.6) is 0 Å². The fourth-order valence-electron chi connectivity index (χ4n) is 3.48. The van der Waals surface area contributed by atoms with Crippen molar-refractivity contribution in [3.05, 3.63) is 48.2 Å². The molecule has 3 aromatic rings. The van der Waals surface area contributed by atoms with Gasteiger partial charge in [-0.3, -0.25) is 9.69 Å². The molecule has 24 heavy (non-hydrogen) atoms. The Bertz CT molecular complexity index is 867. The minimum Gasteiger partial charge on any atom is -0.363 e. The Morgan fingerprint density at radius 3 is 3.12 bits per heavy atom. The molecule has 1 aliphatic rings. The fourth-order valence-corrected chi connectivity index (χ4v) is 3.48. The number of fused-ring (bicyclic) bond motifs is 1. The Balaban J connectivity index is 1.50. The summed E-state index contributed by atoms with van der Waals surface area (Å²) in [6.45, 7) is 2.84. The third-order valence-electron chi connectivity index (χ3n) is 4.65. The number of amides is 1. The smallest absolute Gasteiger partial charge is 0.288 e. The summed E-state index contributed by atoms with van der Waals surface area (Å²) in [4.78, 5) is 20.9. The van der Waals surface area contributed by atoms with Crippen molar-refractivity contribution in [1.82, 2.24) is 24.6 Å². The van der Waals surface area contributed by atoms with E-state index in [1.807, 2.05) is 6.20 Å². The van der Waals surface area contributed by atoms with Crippen LogP contribution in [0.3, 0.4) is 0 Å². The molecule has 0 radical (unpaired) electrons. The van der Waals surface area contributed by atoms with Gasteiger partial charge in [0.05, 0.1) is 6.04 Å². The number of benzene rings is 1. The van der Waals surface area contributed by atoms with E-state index in [9.17, 15) is 4.79 Å². The van der Waals surface area contributed by atoms with Crippen molar-refractivity contribution in [1.29, 1.82) is 0 Å². The van der Waals surface area contributed by atoms with Crippen LogP contribution in [0, 0.1) is 0 Å². The van der Waals surface area contributed by atoms with Crippen LogP contribution in [0.1, 0.15) is 35.1 Å². The highest BCUT2D eigenvalue weighted by Gasteiger charge is 2.23. The standard InChI is InChI=1S/C17H20N6O/c18-16(24)17-20-11-23(21-17)14-5-2-8-22(10-14)9-13-4-1-3-12-6-7-19-15(12)13/h1,3-4,6-7,11,14,19H,2,5,8-10H2,(H2,18,24)/t14-/m1/s1. The Labute approximate surface area is 139 Å². The maximum Gasteiger partial charge on any atom is 0.288 e. The molecule has 0 aliphatic carbocycles. The first-order valence-corrected chi connectivity index (χ1v) is 8.19. The summed E-state index contributed by atoms with van der Waals surface area (Å²) < 4.78 is 1.78. The van der Waals surface area contributed by atoms with Gasteiger partial charge in [-0.1, -0.05) is 18.2 Å². The number of aromatic nitrogens is 4. The van der Waals surface area contributed by atoms with Crippen molar-refractivity contribution in [3.8, 4) is 0 Å². The molecule has 2 aromatic heterocycles. The van der Waals surface area contributed by atoms with Crippen LogP contribution in [0.4, 0.5) is 0 Å². The molecule has 3 heterocycles. The van der Waals surface area contributed by atoms with Crippen LogP contribution < -0.4 is 5.73 Å². The van der Waals surface area contributed by atoms with Gasteiger partial charge in [-0.25, -0.2) is 9.67 Å². The second-order valence-corrected chi connectivity index (χ2v) is 6.30. The number of hydrogen-bond donors (Lipinski definition) is 2. The van der Waals surface area contributed by atoms with Gasteiger partial charge in [-0.15, -0.1) is 5.10 Å². The molecule has 0 saturated carbocycles. The zero-order valence-corrected chi connectivity index (χ0v) is 13.4. The van der Waals surface area contributed by atoms with Crippen molar-refractivity contribution >= 4 is 16.8 Å². The number of likely N-dealkylation sites (tertiary alicyclic amines) is 1. The molecule has 1 aliphatic heterocycles. The molecule has 0 unspecified atom stereocenters. The molecule has 1 aromatic carbocycles. The fraction of sp³-hybridized carbons (Fsp3) is 0.353. The lowest BCUT2D eigenvalue weighted by atomic mass is 10.0. The zero-order valence-electron chi connectivity index (χ0n) is 13.4. The van der Waals surface area contributed by atoms with E-state index in [0.29, 0.717) is 0 Å². The number of para-hydroxylation sites is 1. The first-order chi connectivity index (χ1) is 11.7. The van der Waals surface area contributed by atoms with Crippen molar-refractivity contribution in [2.24, 2.45) is 5.73 Å². The molecule has 124 valence electrons. The number of nitrogens with zero attached hydrogens (tertiary/aromatic N) is 4. The average molecular weight is 324 g/mol. The van der Waals surface area contributed by atoms with Gasteiger partial charge in [0.1, 0.15) is 6.33 Å². The number of carbonyl (C=O) groups is 1. The van der Waals surface area contributed by atoms with Gasteiger partial charge in [-0.2, -0.15) is 0 Å². The molecule has 1 saturated heterocycles. The summed E-state index contributed by atoms with van der Waals surface area (Å²) >= 11 is 0. The topological polar surface area (TPSA) is 92.8 Å². The van der Waals surface area contributed by atoms with Gasteiger partial charge in [0.2, 0.25) is 5.82 Å². The third-order valence-corrected chi connectivity index (χ3v) is 4.65. The highest BCUT2D eigenvalue weighted by Crippen LogP contribution is 2.24. The van der Waals surface area contributed by atoms with E-state index >= 15 is 0 Å². The lowest BCUT2D eigenvalue weighted by Crippen LogP contribution is -2.36. The number of primary amides is 1. The summed E-state index contributed by atoms with van der Waals surface area (Å²) in [5.74, 6) is -0.497. The van der Waals surface area contributed by atoms with Gasteiger partial charge >= 0.3 is 0 Å². The number of nitrogens with one attached hydrogen (secondary N) is 1. The SMILES string of the molecule is NC(=O)c1ncn([C@@H]2CCCN(Cc3cccc4cc[nH]c34)C2)n1. The van der Waals surface area contributed by atoms with Gasteiger partial charge in [-0.05, 0) is 36.4 Å². The number of aromatic amines is 1. The molecule has 1 fully saturated rings. The van der Waals surface area contributed by atoms with Gasteiger partial charge in [0.25, 0.3) is 5.91 Å². The number of hydrogen-bond acceptors (Lipinski definition) is 4. The normalized spacial score (nSPS) is 18.9. The molecule has 4 rings (SSSR count).